The van der Waals surface area contributed by atoms with Crippen LogP contribution in [0.1, 0.15) is 19.1 Å². The molecule has 0 unspecified atom stereocenters. The molecular weight excluding hydrogens is 316 g/mol. The minimum Gasteiger partial charge on any atom is -0.360 e. The Balaban J connectivity index is 1.58. The van der Waals surface area contributed by atoms with Gasteiger partial charge in [0.1, 0.15) is 11.5 Å². The first-order valence-electron chi connectivity index (χ1n) is 7.06. The number of thioether (sulfide) groups is 1. The van der Waals surface area contributed by atoms with Crippen LogP contribution in [-0.2, 0) is 5.75 Å². The van der Waals surface area contributed by atoms with Crippen molar-refractivity contribution in [2.24, 2.45) is 0 Å². The standard InChI is InChI=1S/C15H16N4OS2/c1-2-8-16-14-17-18-15(22-14)21-10-12-9-13(19-20-12)11-6-4-3-5-7-11/h3-7,9H,2,8,10H2,1H3,(H,16,17). The first-order chi connectivity index (χ1) is 10.8. The highest BCUT2D eigenvalue weighted by atomic mass is 32.2. The fourth-order valence-corrected chi connectivity index (χ4v) is 3.48. The Morgan fingerprint density at radius 1 is 1.23 bits per heavy atom. The highest BCUT2D eigenvalue weighted by Gasteiger charge is 2.09. The minimum atomic E-state index is 0.697. The van der Waals surface area contributed by atoms with Gasteiger partial charge in [0.25, 0.3) is 0 Å². The maximum atomic E-state index is 5.38. The lowest BCUT2D eigenvalue weighted by Crippen LogP contribution is -1.98. The zero-order valence-electron chi connectivity index (χ0n) is 12.2. The molecule has 3 aromatic rings. The zero-order chi connectivity index (χ0) is 15.2. The lowest BCUT2D eigenvalue weighted by Gasteiger charge is -1.95. The molecule has 5 nitrogen and oxygen atoms in total. The highest BCUT2D eigenvalue weighted by molar-refractivity contribution is 8.00. The van der Waals surface area contributed by atoms with E-state index in [0.29, 0.717) is 5.75 Å². The van der Waals surface area contributed by atoms with Crippen LogP contribution < -0.4 is 5.32 Å². The minimum absolute atomic E-state index is 0.697. The quantitative estimate of drug-likeness (QED) is 0.651. The lowest BCUT2D eigenvalue weighted by atomic mass is 10.1. The van der Waals surface area contributed by atoms with Crippen LogP contribution in [0.2, 0.25) is 0 Å². The van der Waals surface area contributed by atoms with E-state index in [0.717, 1.165) is 39.5 Å². The topological polar surface area (TPSA) is 63.8 Å². The van der Waals surface area contributed by atoms with Crippen molar-refractivity contribution in [2.45, 2.75) is 23.4 Å². The van der Waals surface area contributed by atoms with Gasteiger partial charge in [0.05, 0.1) is 5.75 Å². The van der Waals surface area contributed by atoms with Crippen molar-refractivity contribution in [3.63, 3.8) is 0 Å². The van der Waals surface area contributed by atoms with Crippen molar-refractivity contribution < 1.29 is 4.52 Å². The molecule has 0 bridgehead atoms. The van der Waals surface area contributed by atoms with Gasteiger partial charge in [0.2, 0.25) is 5.13 Å². The normalized spacial score (nSPS) is 10.8. The molecule has 0 aliphatic rings. The summed E-state index contributed by atoms with van der Waals surface area (Å²) in [5.41, 5.74) is 1.92. The second kappa shape index (κ2) is 7.42. The number of anilines is 1. The van der Waals surface area contributed by atoms with Crippen molar-refractivity contribution in [3.05, 3.63) is 42.2 Å². The summed E-state index contributed by atoms with van der Waals surface area (Å²) in [6, 6.07) is 12.0. The van der Waals surface area contributed by atoms with E-state index in [1.54, 1.807) is 23.1 Å². The molecule has 22 heavy (non-hydrogen) atoms. The molecule has 0 aliphatic carbocycles. The molecule has 3 rings (SSSR count). The molecule has 7 heteroatoms. The third-order valence-electron chi connectivity index (χ3n) is 2.90. The summed E-state index contributed by atoms with van der Waals surface area (Å²) in [4.78, 5) is 0. The van der Waals surface area contributed by atoms with Gasteiger partial charge in [-0.15, -0.1) is 10.2 Å². The fraction of sp³-hybridized carbons (Fsp3) is 0.267. The largest absolute Gasteiger partial charge is 0.360 e. The lowest BCUT2D eigenvalue weighted by molar-refractivity contribution is 0.397. The summed E-state index contributed by atoms with van der Waals surface area (Å²) in [5.74, 6) is 1.53. The van der Waals surface area contributed by atoms with E-state index in [-0.39, 0.29) is 0 Å². The third-order valence-corrected chi connectivity index (χ3v) is 4.94. The van der Waals surface area contributed by atoms with Crippen molar-refractivity contribution in [1.82, 2.24) is 15.4 Å². The Morgan fingerprint density at radius 3 is 2.91 bits per heavy atom. The molecule has 2 heterocycles. The summed E-state index contributed by atoms with van der Waals surface area (Å²) >= 11 is 3.17. The number of hydrogen-bond acceptors (Lipinski definition) is 7. The average Bonchev–Trinajstić information content (AvgIpc) is 3.21. The van der Waals surface area contributed by atoms with Crippen LogP contribution >= 0.6 is 23.1 Å². The maximum absolute atomic E-state index is 5.38. The Labute approximate surface area is 137 Å². The van der Waals surface area contributed by atoms with E-state index in [9.17, 15) is 0 Å². The van der Waals surface area contributed by atoms with Crippen molar-refractivity contribution in [2.75, 3.05) is 11.9 Å². The number of nitrogens with one attached hydrogen (secondary N) is 1. The van der Waals surface area contributed by atoms with Crippen LogP contribution in [0, 0.1) is 0 Å². The van der Waals surface area contributed by atoms with Crippen LogP contribution in [0.15, 0.2) is 45.3 Å². The monoisotopic (exact) mass is 332 g/mol. The van der Waals surface area contributed by atoms with Crippen molar-refractivity contribution in [1.29, 1.82) is 0 Å². The van der Waals surface area contributed by atoms with E-state index in [1.807, 2.05) is 36.4 Å². The van der Waals surface area contributed by atoms with Gasteiger partial charge in [-0.3, -0.25) is 0 Å². The SMILES string of the molecule is CCCNc1nnc(SCc2cc(-c3ccccc3)no2)s1. The average molecular weight is 332 g/mol. The molecule has 114 valence electrons. The van der Waals surface area contributed by atoms with Gasteiger partial charge in [-0.05, 0) is 6.42 Å². The predicted octanol–water partition coefficient (Wildman–Crippen LogP) is 4.31. The molecule has 0 amide bonds. The number of rotatable bonds is 7. The molecule has 0 aliphatic heterocycles. The van der Waals surface area contributed by atoms with Gasteiger partial charge < -0.3 is 9.84 Å². The fourth-order valence-electron chi connectivity index (χ4n) is 1.83. The number of nitrogens with zero attached hydrogens (tertiary/aromatic N) is 3. The number of benzene rings is 1. The van der Waals surface area contributed by atoms with Gasteiger partial charge in [0.15, 0.2) is 4.34 Å². The van der Waals surface area contributed by atoms with Crippen LogP contribution in [-0.4, -0.2) is 21.9 Å². The third kappa shape index (κ3) is 3.86. The van der Waals surface area contributed by atoms with E-state index in [4.69, 9.17) is 4.52 Å². The Kier molecular flexibility index (Phi) is 5.07. The molecular formula is C15H16N4OS2. The summed E-state index contributed by atoms with van der Waals surface area (Å²) < 4.78 is 6.31. The summed E-state index contributed by atoms with van der Waals surface area (Å²) in [7, 11) is 0. The van der Waals surface area contributed by atoms with Crippen LogP contribution in [0.25, 0.3) is 11.3 Å². The number of aromatic nitrogens is 3. The molecule has 0 saturated heterocycles. The van der Waals surface area contributed by atoms with Gasteiger partial charge >= 0.3 is 0 Å². The predicted molar refractivity (Wildman–Crippen MR) is 90.2 cm³/mol. The molecule has 1 aromatic carbocycles. The molecule has 2 aromatic heterocycles. The first kappa shape index (κ1) is 15.1. The molecule has 0 fully saturated rings. The smallest absolute Gasteiger partial charge is 0.206 e. The van der Waals surface area contributed by atoms with Crippen LogP contribution in [0.5, 0.6) is 0 Å². The van der Waals surface area contributed by atoms with Gasteiger partial charge in [-0.2, -0.15) is 0 Å². The Bertz CT molecular complexity index is 711. The van der Waals surface area contributed by atoms with Crippen LogP contribution in [0.4, 0.5) is 5.13 Å². The van der Waals surface area contributed by atoms with Gasteiger partial charge in [0, 0.05) is 18.2 Å². The van der Waals surface area contributed by atoms with E-state index < -0.39 is 0 Å². The van der Waals surface area contributed by atoms with Crippen molar-refractivity contribution >= 4 is 28.2 Å². The van der Waals surface area contributed by atoms with Crippen molar-refractivity contribution in [3.8, 4) is 11.3 Å². The molecule has 1 N–H and O–H groups in total. The summed E-state index contributed by atoms with van der Waals surface area (Å²) in [6.45, 7) is 3.04. The van der Waals surface area contributed by atoms with E-state index >= 15 is 0 Å². The summed E-state index contributed by atoms with van der Waals surface area (Å²) in [6.07, 6.45) is 1.07. The second-order valence-corrected chi connectivity index (χ2v) is 6.83. The second-order valence-electron chi connectivity index (χ2n) is 4.63. The van der Waals surface area contributed by atoms with Crippen LogP contribution in [0.3, 0.4) is 0 Å². The van der Waals surface area contributed by atoms with Gasteiger partial charge in [-0.25, -0.2) is 0 Å². The maximum Gasteiger partial charge on any atom is 0.206 e. The molecule has 0 saturated carbocycles. The Hall–Kier alpha value is -1.86. The zero-order valence-corrected chi connectivity index (χ0v) is 13.8. The van der Waals surface area contributed by atoms with Gasteiger partial charge in [-0.1, -0.05) is 65.5 Å². The molecule has 0 radical (unpaired) electrons. The highest BCUT2D eigenvalue weighted by Crippen LogP contribution is 2.29. The Morgan fingerprint density at radius 2 is 2.09 bits per heavy atom. The molecule has 0 spiro atoms. The summed E-state index contributed by atoms with van der Waals surface area (Å²) in [5, 5.41) is 16.5. The van der Waals surface area contributed by atoms with E-state index in [2.05, 4.69) is 27.6 Å². The first-order valence-corrected chi connectivity index (χ1v) is 8.86. The molecule has 0 atom stereocenters. The number of hydrogen-bond donors (Lipinski definition) is 1. The van der Waals surface area contributed by atoms with E-state index in [1.165, 1.54) is 0 Å².